The van der Waals surface area contributed by atoms with Gasteiger partial charge in [0.1, 0.15) is 17.5 Å². The topological polar surface area (TPSA) is 68.3 Å². The van der Waals surface area contributed by atoms with Crippen LogP contribution in [0.4, 0.5) is 11.6 Å². The summed E-state index contributed by atoms with van der Waals surface area (Å²) in [5.74, 6) is 2.49. The number of anilines is 2. The summed E-state index contributed by atoms with van der Waals surface area (Å²) >= 11 is 0. The zero-order valence-electron chi connectivity index (χ0n) is 13.4. The minimum atomic E-state index is -0.0910. The largest absolute Gasteiger partial charge is 0.376 e. The van der Waals surface area contributed by atoms with Crippen molar-refractivity contribution in [3.05, 3.63) is 11.9 Å². The van der Waals surface area contributed by atoms with Gasteiger partial charge < -0.3 is 20.1 Å². The zero-order valence-corrected chi connectivity index (χ0v) is 13.4. The summed E-state index contributed by atoms with van der Waals surface area (Å²) in [5.41, 5.74) is -0.0910. The maximum Gasteiger partial charge on any atom is 0.138 e. The maximum atomic E-state index is 5.63. The van der Waals surface area contributed by atoms with Crippen LogP contribution in [0.15, 0.2) is 6.07 Å². The van der Waals surface area contributed by atoms with Crippen LogP contribution in [0.25, 0.3) is 0 Å². The van der Waals surface area contributed by atoms with Crippen LogP contribution in [0.3, 0.4) is 0 Å². The molecule has 0 bridgehead atoms. The Kier molecular flexibility index (Phi) is 5.36. The highest BCUT2D eigenvalue weighted by atomic mass is 16.6. The first-order chi connectivity index (χ1) is 9.99. The summed E-state index contributed by atoms with van der Waals surface area (Å²) in [6.07, 6.45) is 0.0781. The third kappa shape index (κ3) is 4.82. The van der Waals surface area contributed by atoms with Gasteiger partial charge >= 0.3 is 0 Å². The lowest BCUT2D eigenvalue weighted by Crippen LogP contribution is -2.34. The molecule has 1 saturated heterocycles. The lowest BCUT2D eigenvalue weighted by Gasteiger charge is -2.24. The van der Waals surface area contributed by atoms with Gasteiger partial charge in [-0.2, -0.15) is 0 Å². The van der Waals surface area contributed by atoms with Crippen LogP contribution in [-0.4, -0.2) is 49.0 Å². The van der Waals surface area contributed by atoms with Crippen molar-refractivity contribution in [3.8, 4) is 0 Å². The van der Waals surface area contributed by atoms with E-state index in [1.54, 1.807) is 0 Å². The Bertz CT molecular complexity index is 453. The zero-order chi connectivity index (χ0) is 15.3. The van der Waals surface area contributed by atoms with Crippen molar-refractivity contribution in [2.75, 3.05) is 43.5 Å². The van der Waals surface area contributed by atoms with E-state index in [0.717, 1.165) is 24.0 Å². The second kappa shape index (κ2) is 7.04. The molecule has 1 aliphatic heterocycles. The van der Waals surface area contributed by atoms with Crippen molar-refractivity contribution in [2.45, 2.75) is 39.2 Å². The molecule has 21 heavy (non-hydrogen) atoms. The van der Waals surface area contributed by atoms with E-state index in [2.05, 4.69) is 48.3 Å². The smallest absolute Gasteiger partial charge is 0.138 e. The molecule has 0 spiro atoms. The Balaban J connectivity index is 2.07. The predicted molar refractivity (Wildman–Crippen MR) is 83.9 cm³/mol. The third-order valence-corrected chi connectivity index (χ3v) is 3.15. The SMILES string of the molecule is CCNc1cc(NCC2COCCO2)nc(C(C)(C)C)n1. The van der Waals surface area contributed by atoms with E-state index in [1.807, 2.05) is 6.07 Å². The Morgan fingerprint density at radius 1 is 1.19 bits per heavy atom. The molecule has 0 aliphatic carbocycles. The predicted octanol–water partition coefficient (Wildman–Crippen LogP) is 2.03. The lowest BCUT2D eigenvalue weighted by molar-refractivity contribution is -0.0819. The minimum Gasteiger partial charge on any atom is -0.376 e. The van der Waals surface area contributed by atoms with E-state index in [-0.39, 0.29) is 11.5 Å². The first-order valence-electron chi connectivity index (χ1n) is 7.55. The summed E-state index contributed by atoms with van der Waals surface area (Å²) in [6, 6.07) is 1.93. The van der Waals surface area contributed by atoms with E-state index in [1.165, 1.54) is 0 Å². The Morgan fingerprint density at radius 3 is 2.48 bits per heavy atom. The van der Waals surface area contributed by atoms with Crippen molar-refractivity contribution in [1.82, 2.24) is 9.97 Å². The number of hydrogen-bond donors (Lipinski definition) is 2. The fraction of sp³-hybridized carbons (Fsp3) is 0.733. The molecule has 1 fully saturated rings. The van der Waals surface area contributed by atoms with Crippen LogP contribution in [-0.2, 0) is 14.9 Å². The van der Waals surface area contributed by atoms with Crippen molar-refractivity contribution < 1.29 is 9.47 Å². The van der Waals surface area contributed by atoms with Crippen LogP contribution < -0.4 is 10.6 Å². The van der Waals surface area contributed by atoms with Crippen LogP contribution in [0.2, 0.25) is 0 Å². The average molecular weight is 294 g/mol. The number of aromatic nitrogens is 2. The fourth-order valence-electron chi connectivity index (χ4n) is 2.02. The third-order valence-electron chi connectivity index (χ3n) is 3.15. The number of nitrogens with one attached hydrogen (secondary N) is 2. The number of ether oxygens (including phenoxy) is 2. The van der Waals surface area contributed by atoms with Crippen LogP contribution in [0, 0.1) is 0 Å². The lowest BCUT2D eigenvalue weighted by atomic mass is 9.96. The highest BCUT2D eigenvalue weighted by molar-refractivity contribution is 5.48. The average Bonchev–Trinajstić information content (AvgIpc) is 2.45. The minimum absolute atomic E-state index is 0.0781. The standard InChI is InChI=1S/C15H26N4O2/c1-5-16-12-8-13(19-14(18-12)15(2,3)4)17-9-11-10-20-6-7-21-11/h8,11H,5-7,9-10H2,1-4H3,(H2,16,17,18,19). The molecule has 1 aromatic rings. The quantitative estimate of drug-likeness (QED) is 0.866. The van der Waals surface area contributed by atoms with Gasteiger partial charge in [-0.05, 0) is 6.92 Å². The van der Waals surface area contributed by atoms with Crippen LogP contribution >= 0.6 is 0 Å². The second-order valence-corrected chi connectivity index (χ2v) is 6.19. The van der Waals surface area contributed by atoms with Gasteiger partial charge in [-0.25, -0.2) is 9.97 Å². The molecule has 1 atom stereocenters. The van der Waals surface area contributed by atoms with Crippen molar-refractivity contribution in [1.29, 1.82) is 0 Å². The van der Waals surface area contributed by atoms with Gasteiger partial charge in [0.05, 0.1) is 25.9 Å². The molecule has 0 radical (unpaired) electrons. The summed E-state index contributed by atoms with van der Waals surface area (Å²) < 4.78 is 11.0. The van der Waals surface area contributed by atoms with Gasteiger partial charge in [0.2, 0.25) is 0 Å². The van der Waals surface area contributed by atoms with E-state index in [9.17, 15) is 0 Å². The van der Waals surface area contributed by atoms with Gasteiger partial charge in [-0.3, -0.25) is 0 Å². The fourth-order valence-corrected chi connectivity index (χ4v) is 2.02. The second-order valence-electron chi connectivity index (χ2n) is 6.19. The highest BCUT2D eigenvalue weighted by Gasteiger charge is 2.20. The van der Waals surface area contributed by atoms with Gasteiger partial charge in [-0.1, -0.05) is 20.8 Å². The summed E-state index contributed by atoms with van der Waals surface area (Å²) in [6.45, 7) is 11.9. The van der Waals surface area contributed by atoms with Crippen LogP contribution in [0.5, 0.6) is 0 Å². The van der Waals surface area contributed by atoms with E-state index < -0.39 is 0 Å². The van der Waals surface area contributed by atoms with Crippen molar-refractivity contribution in [3.63, 3.8) is 0 Å². The highest BCUT2D eigenvalue weighted by Crippen LogP contribution is 2.22. The molecule has 1 unspecified atom stereocenters. The number of nitrogens with zero attached hydrogens (tertiary/aromatic N) is 2. The van der Waals surface area contributed by atoms with Gasteiger partial charge in [0.25, 0.3) is 0 Å². The summed E-state index contributed by atoms with van der Waals surface area (Å²) in [4.78, 5) is 9.18. The normalized spacial score (nSPS) is 19.3. The molecule has 2 rings (SSSR count). The Hall–Kier alpha value is -1.40. The molecule has 0 amide bonds. The summed E-state index contributed by atoms with van der Waals surface area (Å²) in [5, 5.41) is 6.58. The number of rotatable bonds is 5. The van der Waals surface area contributed by atoms with Crippen LogP contribution in [0.1, 0.15) is 33.5 Å². The van der Waals surface area contributed by atoms with E-state index in [0.29, 0.717) is 26.4 Å². The molecular formula is C15H26N4O2. The van der Waals surface area contributed by atoms with Crippen molar-refractivity contribution in [2.24, 2.45) is 0 Å². The van der Waals surface area contributed by atoms with Gasteiger partial charge in [0, 0.05) is 24.6 Å². The molecular weight excluding hydrogens is 268 g/mol. The van der Waals surface area contributed by atoms with E-state index >= 15 is 0 Å². The molecule has 6 nitrogen and oxygen atoms in total. The maximum absolute atomic E-state index is 5.63. The van der Waals surface area contributed by atoms with Gasteiger partial charge in [-0.15, -0.1) is 0 Å². The monoisotopic (exact) mass is 294 g/mol. The first kappa shape index (κ1) is 16.0. The van der Waals surface area contributed by atoms with Gasteiger partial charge in [0.15, 0.2) is 0 Å². The number of hydrogen-bond acceptors (Lipinski definition) is 6. The Morgan fingerprint density at radius 2 is 1.90 bits per heavy atom. The molecule has 2 N–H and O–H groups in total. The molecule has 118 valence electrons. The van der Waals surface area contributed by atoms with Crippen molar-refractivity contribution >= 4 is 11.6 Å². The molecule has 1 aromatic heterocycles. The first-order valence-corrected chi connectivity index (χ1v) is 7.55. The molecule has 6 heteroatoms. The molecule has 0 aromatic carbocycles. The van der Waals surface area contributed by atoms with E-state index in [4.69, 9.17) is 9.47 Å². The summed E-state index contributed by atoms with van der Waals surface area (Å²) in [7, 11) is 0. The molecule has 1 aliphatic rings. The molecule has 0 saturated carbocycles. The Labute approximate surface area is 126 Å². The molecule has 2 heterocycles.